The van der Waals surface area contributed by atoms with Crippen LogP contribution in [0.15, 0.2) is 63.4 Å². The molecule has 5 nitrogen and oxygen atoms in total. The number of benzene rings is 2. The molecule has 1 heterocycles. The highest BCUT2D eigenvalue weighted by Crippen LogP contribution is 2.38. The molecule has 2 aromatic carbocycles. The van der Waals surface area contributed by atoms with E-state index in [1.165, 1.54) is 23.1 Å². The highest BCUT2D eigenvalue weighted by atomic mass is 79.9. The molecule has 0 unspecified atom stereocenters. The van der Waals surface area contributed by atoms with Crippen LogP contribution in [0.5, 0.6) is 0 Å². The number of nitrogens with zero attached hydrogens (tertiary/aromatic N) is 1. The van der Waals surface area contributed by atoms with Crippen LogP contribution in [0.2, 0.25) is 0 Å². The second-order valence-electron chi connectivity index (χ2n) is 6.62. The Bertz CT molecular complexity index is 1020. The lowest BCUT2D eigenvalue weighted by Crippen LogP contribution is -2.26. The molecule has 0 atom stereocenters. The van der Waals surface area contributed by atoms with Gasteiger partial charge in [0.25, 0.3) is 5.91 Å². The summed E-state index contributed by atoms with van der Waals surface area (Å²) in [6.07, 6.45) is 2.14. The second-order valence-corrected chi connectivity index (χ2v) is 9.75. The SMILES string of the molecule is O=C(CSc1nc(-c2ccccc2)c(NC(=O)c2ccc(Br)cc2)s1)NC1CC1. The van der Waals surface area contributed by atoms with Crippen molar-refractivity contribution in [3.05, 3.63) is 64.6 Å². The Labute approximate surface area is 185 Å². The fourth-order valence-corrected chi connectivity index (χ4v) is 4.78. The lowest BCUT2D eigenvalue weighted by atomic mass is 10.1. The lowest BCUT2D eigenvalue weighted by molar-refractivity contribution is -0.118. The summed E-state index contributed by atoms with van der Waals surface area (Å²) in [6.45, 7) is 0. The van der Waals surface area contributed by atoms with Gasteiger partial charge in [0.15, 0.2) is 4.34 Å². The largest absolute Gasteiger partial charge is 0.353 e. The number of hydrogen-bond acceptors (Lipinski definition) is 5. The maximum absolute atomic E-state index is 12.7. The average molecular weight is 488 g/mol. The van der Waals surface area contributed by atoms with Gasteiger partial charge in [0, 0.05) is 21.6 Å². The third-order valence-electron chi connectivity index (χ3n) is 4.26. The smallest absolute Gasteiger partial charge is 0.256 e. The topological polar surface area (TPSA) is 71.1 Å². The number of aromatic nitrogens is 1. The van der Waals surface area contributed by atoms with Crippen molar-refractivity contribution in [3.63, 3.8) is 0 Å². The highest BCUT2D eigenvalue weighted by molar-refractivity contribution is 9.10. The third kappa shape index (κ3) is 5.46. The summed E-state index contributed by atoms with van der Waals surface area (Å²) in [5, 5.41) is 6.64. The number of thioether (sulfide) groups is 1. The monoisotopic (exact) mass is 487 g/mol. The maximum Gasteiger partial charge on any atom is 0.256 e. The fraction of sp³-hybridized carbons (Fsp3) is 0.190. The number of rotatable bonds is 7. The van der Waals surface area contributed by atoms with Crippen LogP contribution in [0.3, 0.4) is 0 Å². The molecule has 1 saturated carbocycles. The van der Waals surface area contributed by atoms with E-state index >= 15 is 0 Å². The molecule has 4 rings (SSSR count). The van der Waals surface area contributed by atoms with Crippen LogP contribution in [0.1, 0.15) is 23.2 Å². The molecule has 29 heavy (non-hydrogen) atoms. The number of anilines is 1. The predicted molar refractivity (Wildman–Crippen MR) is 122 cm³/mol. The van der Waals surface area contributed by atoms with Gasteiger partial charge < -0.3 is 10.6 Å². The summed E-state index contributed by atoms with van der Waals surface area (Å²) in [4.78, 5) is 29.4. The van der Waals surface area contributed by atoms with Gasteiger partial charge in [-0.15, -0.1) is 0 Å². The quantitative estimate of drug-likeness (QED) is 0.449. The first-order valence-corrected chi connectivity index (χ1v) is 11.7. The Hall–Kier alpha value is -2.16. The van der Waals surface area contributed by atoms with Gasteiger partial charge in [0.1, 0.15) is 10.7 Å². The van der Waals surface area contributed by atoms with Crippen molar-refractivity contribution in [3.8, 4) is 11.3 Å². The first-order chi connectivity index (χ1) is 14.1. The van der Waals surface area contributed by atoms with Gasteiger partial charge in [-0.05, 0) is 37.1 Å². The minimum absolute atomic E-state index is 0.0226. The average Bonchev–Trinajstić information content (AvgIpc) is 3.45. The number of carbonyl (C=O) groups is 2. The molecule has 3 aromatic rings. The van der Waals surface area contributed by atoms with Crippen LogP contribution in [0.4, 0.5) is 5.00 Å². The number of hydrogen-bond donors (Lipinski definition) is 2. The number of amides is 2. The summed E-state index contributed by atoms with van der Waals surface area (Å²) < 4.78 is 1.67. The fourth-order valence-electron chi connectivity index (χ4n) is 2.64. The van der Waals surface area contributed by atoms with E-state index in [0.717, 1.165) is 27.2 Å². The summed E-state index contributed by atoms with van der Waals surface area (Å²) in [5.41, 5.74) is 2.20. The lowest BCUT2D eigenvalue weighted by Gasteiger charge is -2.05. The second kappa shape index (κ2) is 9.11. The van der Waals surface area contributed by atoms with E-state index in [1.807, 2.05) is 42.5 Å². The van der Waals surface area contributed by atoms with Crippen molar-refractivity contribution < 1.29 is 9.59 Å². The zero-order valence-electron chi connectivity index (χ0n) is 15.4. The Morgan fingerprint density at radius 2 is 1.83 bits per heavy atom. The number of nitrogens with one attached hydrogen (secondary N) is 2. The molecule has 2 amide bonds. The zero-order chi connectivity index (χ0) is 20.2. The molecule has 2 N–H and O–H groups in total. The molecule has 0 saturated heterocycles. The van der Waals surface area contributed by atoms with E-state index < -0.39 is 0 Å². The van der Waals surface area contributed by atoms with Crippen LogP contribution in [0.25, 0.3) is 11.3 Å². The Balaban J connectivity index is 1.53. The van der Waals surface area contributed by atoms with Crippen LogP contribution < -0.4 is 10.6 Å². The molecule has 0 spiro atoms. The van der Waals surface area contributed by atoms with Crippen LogP contribution in [-0.2, 0) is 4.79 Å². The standard InChI is InChI=1S/C21H18BrN3O2S2/c22-15-8-6-14(7-9-15)19(27)25-20-18(13-4-2-1-3-5-13)24-21(29-20)28-12-17(26)23-16-10-11-16/h1-9,16H,10-12H2,(H,23,26)(H,25,27). The number of halogens is 1. The molecule has 1 fully saturated rings. The van der Waals surface area contributed by atoms with Crippen LogP contribution in [-0.4, -0.2) is 28.6 Å². The number of thiazole rings is 1. The molecule has 0 aliphatic heterocycles. The summed E-state index contributed by atoms with van der Waals surface area (Å²) in [5.74, 6) is 0.147. The molecule has 148 valence electrons. The Kier molecular flexibility index (Phi) is 6.32. The van der Waals surface area contributed by atoms with Gasteiger partial charge in [0.2, 0.25) is 5.91 Å². The molecule has 0 bridgehead atoms. The minimum atomic E-state index is -0.193. The van der Waals surface area contributed by atoms with Gasteiger partial charge in [-0.2, -0.15) is 0 Å². The van der Waals surface area contributed by atoms with E-state index in [4.69, 9.17) is 0 Å². The molecular formula is C21H18BrN3O2S2. The molecule has 1 aliphatic rings. The van der Waals surface area contributed by atoms with E-state index in [9.17, 15) is 9.59 Å². The maximum atomic E-state index is 12.7. The normalized spacial score (nSPS) is 13.1. The van der Waals surface area contributed by atoms with Crippen molar-refractivity contribution in [2.24, 2.45) is 0 Å². The van der Waals surface area contributed by atoms with Gasteiger partial charge >= 0.3 is 0 Å². The molecule has 0 radical (unpaired) electrons. The van der Waals surface area contributed by atoms with E-state index in [1.54, 1.807) is 12.1 Å². The van der Waals surface area contributed by atoms with Gasteiger partial charge in [-0.1, -0.05) is 69.4 Å². The van der Waals surface area contributed by atoms with Gasteiger partial charge in [0.05, 0.1) is 5.75 Å². The predicted octanol–water partition coefficient (Wildman–Crippen LogP) is 5.20. The van der Waals surface area contributed by atoms with E-state index in [-0.39, 0.29) is 11.8 Å². The minimum Gasteiger partial charge on any atom is -0.353 e. The molecule has 8 heteroatoms. The number of carbonyl (C=O) groups excluding carboxylic acids is 2. The van der Waals surface area contributed by atoms with Crippen molar-refractivity contribution in [2.75, 3.05) is 11.1 Å². The molecule has 1 aliphatic carbocycles. The molecular weight excluding hydrogens is 470 g/mol. The van der Waals surface area contributed by atoms with Gasteiger partial charge in [-0.3, -0.25) is 9.59 Å². The Morgan fingerprint density at radius 3 is 2.52 bits per heavy atom. The van der Waals surface area contributed by atoms with Crippen molar-refractivity contribution >= 4 is 55.8 Å². The Morgan fingerprint density at radius 1 is 1.10 bits per heavy atom. The summed E-state index contributed by atoms with van der Waals surface area (Å²) in [6, 6.07) is 17.3. The van der Waals surface area contributed by atoms with Gasteiger partial charge in [-0.25, -0.2) is 4.98 Å². The molecule has 1 aromatic heterocycles. The van der Waals surface area contributed by atoms with Crippen molar-refractivity contribution in [1.29, 1.82) is 0 Å². The van der Waals surface area contributed by atoms with Crippen LogP contribution >= 0.6 is 39.0 Å². The first kappa shape index (κ1) is 20.1. The summed E-state index contributed by atoms with van der Waals surface area (Å²) in [7, 11) is 0. The van der Waals surface area contributed by atoms with E-state index in [2.05, 4.69) is 31.5 Å². The highest BCUT2D eigenvalue weighted by Gasteiger charge is 2.23. The summed E-state index contributed by atoms with van der Waals surface area (Å²) >= 11 is 6.16. The first-order valence-electron chi connectivity index (χ1n) is 9.14. The van der Waals surface area contributed by atoms with Crippen LogP contribution in [0, 0.1) is 0 Å². The van der Waals surface area contributed by atoms with Crippen molar-refractivity contribution in [2.45, 2.75) is 23.2 Å². The van der Waals surface area contributed by atoms with E-state index in [0.29, 0.717) is 28.1 Å². The van der Waals surface area contributed by atoms with Crippen molar-refractivity contribution in [1.82, 2.24) is 10.3 Å². The zero-order valence-corrected chi connectivity index (χ0v) is 18.6. The third-order valence-corrected chi connectivity index (χ3v) is 6.90.